The van der Waals surface area contributed by atoms with E-state index in [1.54, 1.807) is 25.1 Å². The third-order valence-corrected chi connectivity index (χ3v) is 8.48. The molecule has 0 radical (unpaired) electrons. The predicted octanol–water partition coefficient (Wildman–Crippen LogP) is 6.05. The number of carbonyl (C=O) groups is 2. The number of nitrogens with one attached hydrogen (secondary N) is 1. The fourth-order valence-electron chi connectivity index (χ4n) is 4.05. The number of halogens is 3. The Balaban J connectivity index is 2.08. The molecule has 0 unspecified atom stereocenters. The molecule has 0 fully saturated rings. The van der Waals surface area contributed by atoms with Gasteiger partial charge in [-0.2, -0.15) is 0 Å². The summed E-state index contributed by atoms with van der Waals surface area (Å²) < 4.78 is 42.1. The number of anilines is 1. The number of amides is 2. The zero-order chi connectivity index (χ0) is 29.7. The van der Waals surface area contributed by atoms with Crippen molar-refractivity contribution in [1.82, 2.24) is 10.2 Å². The first-order valence-corrected chi connectivity index (χ1v) is 14.8. The van der Waals surface area contributed by atoms with Gasteiger partial charge < -0.3 is 10.2 Å². The van der Waals surface area contributed by atoms with E-state index in [2.05, 4.69) is 5.32 Å². The van der Waals surface area contributed by atoms with Crippen LogP contribution in [-0.4, -0.2) is 43.3 Å². The van der Waals surface area contributed by atoms with Crippen molar-refractivity contribution in [1.29, 1.82) is 0 Å². The summed E-state index contributed by atoms with van der Waals surface area (Å²) in [6.45, 7) is 6.55. The molecule has 7 nitrogen and oxygen atoms in total. The highest BCUT2D eigenvalue weighted by Crippen LogP contribution is 2.31. The van der Waals surface area contributed by atoms with Crippen LogP contribution in [0.4, 0.5) is 10.1 Å². The normalized spacial score (nSPS) is 12.5. The Labute approximate surface area is 244 Å². The van der Waals surface area contributed by atoms with Crippen LogP contribution in [0.3, 0.4) is 0 Å². The summed E-state index contributed by atoms with van der Waals surface area (Å²) in [6, 6.07) is 16.6. The van der Waals surface area contributed by atoms with Crippen LogP contribution in [-0.2, 0) is 26.2 Å². The lowest BCUT2D eigenvalue weighted by atomic mass is 10.1. The molecule has 0 saturated heterocycles. The number of carbonyl (C=O) groups excluding carboxylic acids is 2. The van der Waals surface area contributed by atoms with E-state index in [1.807, 2.05) is 20.8 Å². The molecule has 40 heavy (non-hydrogen) atoms. The molecule has 0 saturated carbocycles. The van der Waals surface area contributed by atoms with E-state index >= 15 is 0 Å². The quantitative estimate of drug-likeness (QED) is 0.304. The summed E-state index contributed by atoms with van der Waals surface area (Å²) in [5, 5.41) is 3.23. The fourth-order valence-corrected chi connectivity index (χ4v) is 5.77. The molecular formula is C29H32Cl2FN3O4S. The van der Waals surface area contributed by atoms with Gasteiger partial charge in [-0.05, 0) is 75.2 Å². The first-order valence-electron chi connectivity index (χ1n) is 12.6. The van der Waals surface area contributed by atoms with Crippen molar-refractivity contribution in [2.45, 2.75) is 57.1 Å². The second-order valence-electron chi connectivity index (χ2n) is 10.2. The lowest BCUT2D eigenvalue weighted by Gasteiger charge is -2.34. The lowest BCUT2D eigenvalue weighted by molar-refractivity contribution is -0.141. The molecule has 11 heteroatoms. The molecule has 3 aromatic carbocycles. The summed E-state index contributed by atoms with van der Waals surface area (Å²) in [7, 11) is -4.24. The highest BCUT2D eigenvalue weighted by Gasteiger charge is 2.34. The monoisotopic (exact) mass is 607 g/mol. The molecular weight excluding hydrogens is 576 g/mol. The molecule has 2 amide bonds. The summed E-state index contributed by atoms with van der Waals surface area (Å²) >= 11 is 12.3. The van der Waals surface area contributed by atoms with Crippen LogP contribution in [0.1, 0.15) is 39.7 Å². The third-order valence-electron chi connectivity index (χ3n) is 5.95. The Hall–Kier alpha value is -3.14. The average molecular weight is 609 g/mol. The van der Waals surface area contributed by atoms with Crippen LogP contribution in [0.5, 0.6) is 0 Å². The van der Waals surface area contributed by atoms with Crippen molar-refractivity contribution in [3.8, 4) is 0 Å². The van der Waals surface area contributed by atoms with Gasteiger partial charge in [-0.1, -0.05) is 60.5 Å². The molecule has 0 aliphatic carbocycles. The van der Waals surface area contributed by atoms with Crippen molar-refractivity contribution in [2.75, 3.05) is 10.8 Å². The average Bonchev–Trinajstić information content (AvgIpc) is 2.89. The number of benzene rings is 3. The molecule has 0 heterocycles. The Morgan fingerprint density at radius 2 is 1.57 bits per heavy atom. The highest BCUT2D eigenvalue weighted by atomic mass is 35.5. The molecule has 214 valence electrons. The van der Waals surface area contributed by atoms with Gasteiger partial charge in [0.05, 0.1) is 20.6 Å². The van der Waals surface area contributed by atoms with Gasteiger partial charge in [0.25, 0.3) is 10.0 Å². The molecule has 3 aromatic rings. The second-order valence-corrected chi connectivity index (χ2v) is 12.9. The van der Waals surface area contributed by atoms with Gasteiger partial charge in [-0.25, -0.2) is 12.8 Å². The van der Waals surface area contributed by atoms with Gasteiger partial charge in [-0.3, -0.25) is 13.9 Å². The van der Waals surface area contributed by atoms with Crippen molar-refractivity contribution < 1.29 is 22.4 Å². The fraction of sp³-hybridized carbons (Fsp3) is 0.310. The van der Waals surface area contributed by atoms with Crippen molar-refractivity contribution >= 4 is 50.7 Å². The van der Waals surface area contributed by atoms with Crippen LogP contribution in [0, 0.1) is 5.82 Å². The third kappa shape index (κ3) is 7.96. The van der Waals surface area contributed by atoms with Gasteiger partial charge in [0.1, 0.15) is 18.4 Å². The van der Waals surface area contributed by atoms with E-state index in [-0.39, 0.29) is 33.6 Å². The first kappa shape index (κ1) is 31.4. The molecule has 0 spiro atoms. The van der Waals surface area contributed by atoms with Crippen LogP contribution in [0.25, 0.3) is 0 Å². The van der Waals surface area contributed by atoms with Crippen LogP contribution in [0.2, 0.25) is 10.0 Å². The first-order chi connectivity index (χ1) is 18.7. The molecule has 1 N–H and O–H groups in total. The van der Waals surface area contributed by atoms with E-state index in [0.717, 1.165) is 4.31 Å². The number of hydrogen-bond acceptors (Lipinski definition) is 4. The minimum absolute atomic E-state index is 0.0310. The van der Waals surface area contributed by atoms with Crippen LogP contribution >= 0.6 is 23.2 Å². The Bertz CT molecular complexity index is 1450. The maximum atomic E-state index is 14.0. The maximum Gasteiger partial charge on any atom is 0.264 e. The Morgan fingerprint density at radius 3 is 2.12 bits per heavy atom. The number of hydrogen-bond donors (Lipinski definition) is 1. The Kier molecular flexibility index (Phi) is 10.2. The largest absolute Gasteiger partial charge is 0.350 e. The van der Waals surface area contributed by atoms with E-state index in [4.69, 9.17) is 23.2 Å². The molecule has 0 aliphatic heterocycles. The minimum atomic E-state index is -4.24. The molecule has 0 aliphatic rings. The zero-order valence-electron chi connectivity index (χ0n) is 22.7. The molecule has 0 bridgehead atoms. The topological polar surface area (TPSA) is 86.8 Å². The zero-order valence-corrected chi connectivity index (χ0v) is 25.0. The van der Waals surface area contributed by atoms with E-state index in [0.29, 0.717) is 5.56 Å². The smallest absolute Gasteiger partial charge is 0.264 e. The van der Waals surface area contributed by atoms with E-state index in [1.165, 1.54) is 59.5 Å². The number of nitrogens with zero attached hydrogens (tertiary/aromatic N) is 2. The lowest BCUT2D eigenvalue weighted by Crippen LogP contribution is -2.55. The SMILES string of the molecule is CC[C@H](C(=O)NC(C)(C)C)N(Cc1ccc(F)cc1)C(=O)CN(c1ccc(Cl)c(Cl)c1)S(=O)(=O)c1ccccc1. The van der Waals surface area contributed by atoms with Gasteiger partial charge in [-0.15, -0.1) is 0 Å². The summed E-state index contributed by atoms with van der Waals surface area (Å²) in [6.07, 6.45) is 0.257. The van der Waals surface area contributed by atoms with Gasteiger partial charge in [0.2, 0.25) is 11.8 Å². The van der Waals surface area contributed by atoms with E-state index in [9.17, 15) is 22.4 Å². The van der Waals surface area contributed by atoms with Gasteiger partial charge in [0, 0.05) is 12.1 Å². The van der Waals surface area contributed by atoms with E-state index < -0.39 is 45.8 Å². The number of rotatable bonds is 10. The Morgan fingerprint density at radius 1 is 0.950 bits per heavy atom. The van der Waals surface area contributed by atoms with Crippen molar-refractivity contribution in [2.24, 2.45) is 0 Å². The summed E-state index contributed by atoms with van der Waals surface area (Å²) in [4.78, 5) is 28.6. The minimum Gasteiger partial charge on any atom is -0.350 e. The van der Waals surface area contributed by atoms with Gasteiger partial charge >= 0.3 is 0 Å². The van der Waals surface area contributed by atoms with Crippen molar-refractivity contribution in [3.05, 3.63) is 94.2 Å². The van der Waals surface area contributed by atoms with Crippen molar-refractivity contribution in [3.63, 3.8) is 0 Å². The number of sulfonamides is 1. The van der Waals surface area contributed by atoms with Crippen LogP contribution < -0.4 is 9.62 Å². The summed E-state index contributed by atoms with van der Waals surface area (Å²) in [5.74, 6) is -1.47. The molecule has 3 rings (SSSR count). The second kappa shape index (κ2) is 13.0. The van der Waals surface area contributed by atoms with Crippen LogP contribution in [0.15, 0.2) is 77.7 Å². The predicted molar refractivity (Wildman–Crippen MR) is 156 cm³/mol. The molecule has 1 atom stereocenters. The van der Waals surface area contributed by atoms with Gasteiger partial charge in [0.15, 0.2) is 0 Å². The summed E-state index contributed by atoms with van der Waals surface area (Å²) in [5.41, 5.74) is 0.127. The molecule has 0 aromatic heterocycles. The maximum absolute atomic E-state index is 14.0. The standard InChI is InChI=1S/C29H32Cl2FN3O4S/c1-5-26(28(37)33-29(2,3)4)34(18-20-11-13-21(32)14-12-20)27(36)19-35(22-15-16-24(30)25(31)17-22)40(38,39)23-9-7-6-8-10-23/h6-17,26H,5,18-19H2,1-4H3,(H,33,37)/t26-/m1/s1. The highest BCUT2D eigenvalue weighted by molar-refractivity contribution is 7.92.